The molecule has 3 aliphatic rings. The number of hydrogen-bond acceptors (Lipinski definition) is 4. The standard InChI is InChI=1S/C19H23N3S/c1-18(2)14-9-10-19(18,3)16(11-14)20-17-22-21-15(12-23-17)13-7-5-4-6-8-13/h4-8,12,14,21H,9-11H2,1-3H3/t14-,19-/m0/s1. The van der Waals surface area contributed by atoms with Crippen molar-refractivity contribution >= 4 is 28.3 Å². The molecule has 0 radical (unpaired) electrons. The highest BCUT2D eigenvalue weighted by Crippen LogP contribution is 2.64. The molecule has 0 spiro atoms. The van der Waals surface area contributed by atoms with Crippen molar-refractivity contribution in [3.8, 4) is 0 Å². The van der Waals surface area contributed by atoms with Crippen LogP contribution in [-0.2, 0) is 0 Å². The van der Waals surface area contributed by atoms with Crippen LogP contribution in [-0.4, -0.2) is 10.9 Å². The molecule has 1 heterocycles. The zero-order valence-corrected chi connectivity index (χ0v) is 14.8. The normalized spacial score (nSPS) is 33.3. The van der Waals surface area contributed by atoms with Crippen LogP contribution in [0.3, 0.4) is 0 Å². The lowest BCUT2D eigenvalue weighted by Gasteiger charge is -2.34. The second kappa shape index (κ2) is 5.23. The van der Waals surface area contributed by atoms with Crippen molar-refractivity contribution in [3.05, 3.63) is 41.3 Å². The first-order chi connectivity index (χ1) is 11.0. The molecule has 1 aromatic carbocycles. The molecule has 2 bridgehead atoms. The summed E-state index contributed by atoms with van der Waals surface area (Å²) in [4.78, 5) is 4.94. The highest BCUT2D eigenvalue weighted by molar-refractivity contribution is 8.16. The molecule has 0 unspecified atom stereocenters. The number of hydrogen-bond donors (Lipinski definition) is 1. The summed E-state index contributed by atoms with van der Waals surface area (Å²) in [5, 5.41) is 7.44. The van der Waals surface area contributed by atoms with Crippen LogP contribution in [0.5, 0.6) is 0 Å². The molecule has 1 N–H and O–H groups in total. The number of benzene rings is 1. The Bertz CT molecular complexity index is 717. The lowest BCUT2D eigenvalue weighted by molar-refractivity contribution is 0.194. The van der Waals surface area contributed by atoms with Gasteiger partial charge in [-0.05, 0) is 30.6 Å². The SMILES string of the molecule is CC1(C)[C@H]2CC[C@@]1(C)C(=NC1=NNC(c3ccccc3)=CS1)C2. The van der Waals surface area contributed by atoms with Crippen LogP contribution in [0.1, 0.15) is 45.6 Å². The first kappa shape index (κ1) is 15.0. The summed E-state index contributed by atoms with van der Waals surface area (Å²) in [5.41, 5.74) is 7.31. The van der Waals surface area contributed by atoms with Gasteiger partial charge in [0, 0.05) is 22.1 Å². The van der Waals surface area contributed by atoms with Crippen LogP contribution >= 0.6 is 11.8 Å². The van der Waals surface area contributed by atoms with E-state index in [1.807, 2.05) is 18.2 Å². The lowest BCUT2D eigenvalue weighted by atomic mass is 9.70. The summed E-state index contributed by atoms with van der Waals surface area (Å²) in [6.45, 7) is 7.22. The molecule has 0 saturated heterocycles. The van der Waals surface area contributed by atoms with Crippen molar-refractivity contribution < 1.29 is 0 Å². The third-order valence-corrected chi connectivity index (χ3v) is 7.13. The quantitative estimate of drug-likeness (QED) is 0.799. The minimum absolute atomic E-state index is 0.240. The van der Waals surface area contributed by atoms with Gasteiger partial charge in [-0.2, -0.15) is 0 Å². The number of aliphatic imine (C=N–C) groups is 1. The molecule has 120 valence electrons. The fourth-order valence-corrected chi connectivity index (χ4v) is 4.96. The third kappa shape index (κ3) is 2.26. The van der Waals surface area contributed by atoms with Crippen molar-refractivity contribution in [1.29, 1.82) is 0 Å². The van der Waals surface area contributed by atoms with E-state index in [9.17, 15) is 0 Å². The van der Waals surface area contributed by atoms with Crippen molar-refractivity contribution in [2.75, 3.05) is 0 Å². The second-order valence-corrected chi connectivity index (χ2v) is 8.41. The van der Waals surface area contributed by atoms with Gasteiger partial charge >= 0.3 is 0 Å². The predicted molar refractivity (Wildman–Crippen MR) is 99.2 cm³/mol. The van der Waals surface area contributed by atoms with Crippen LogP contribution in [0, 0.1) is 16.7 Å². The van der Waals surface area contributed by atoms with Crippen LogP contribution < -0.4 is 5.43 Å². The van der Waals surface area contributed by atoms with Crippen molar-refractivity contribution in [1.82, 2.24) is 5.43 Å². The zero-order valence-electron chi connectivity index (χ0n) is 14.0. The highest BCUT2D eigenvalue weighted by atomic mass is 32.2. The molecular weight excluding hydrogens is 302 g/mol. The Kier molecular flexibility index (Phi) is 3.41. The van der Waals surface area contributed by atoms with Crippen LogP contribution in [0.2, 0.25) is 0 Å². The van der Waals surface area contributed by atoms with Gasteiger partial charge in [0.05, 0.1) is 5.70 Å². The summed E-state index contributed by atoms with van der Waals surface area (Å²) in [5.74, 6) is 0.781. The van der Waals surface area contributed by atoms with Gasteiger partial charge in [-0.25, -0.2) is 4.99 Å². The average Bonchev–Trinajstić information content (AvgIpc) is 2.90. The molecular formula is C19H23N3S. The smallest absolute Gasteiger partial charge is 0.210 e. The predicted octanol–water partition coefficient (Wildman–Crippen LogP) is 4.88. The van der Waals surface area contributed by atoms with E-state index in [0.717, 1.165) is 28.8 Å². The fraction of sp³-hybridized carbons (Fsp3) is 0.474. The number of rotatable bonds is 1. The van der Waals surface area contributed by atoms with Crippen LogP contribution in [0.15, 0.2) is 45.8 Å². The molecule has 1 aliphatic heterocycles. The highest BCUT2D eigenvalue weighted by Gasteiger charge is 2.59. The second-order valence-electron chi connectivity index (χ2n) is 7.57. The molecule has 2 aliphatic carbocycles. The summed E-state index contributed by atoms with van der Waals surface area (Å²) in [7, 11) is 0. The molecule has 1 aromatic rings. The van der Waals surface area contributed by atoms with Crippen molar-refractivity contribution in [2.45, 2.75) is 40.0 Å². The maximum atomic E-state index is 4.94. The zero-order chi connectivity index (χ0) is 16.1. The Balaban J connectivity index is 1.53. The van der Waals surface area contributed by atoms with Gasteiger partial charge in [-0.1, -0.05) is 62.9 Å². The van der Waals surface area contributed by atoms with E-state index in [1.54, 1.807) is 11.8 Å². The lowest BCUT2D eigenvalue weighted by Crippen LogP contribution is -2.33. The Hall–Kier alpha value is -1.55. The molecule has 4 heteroatoms. The fourth-order valence-electron chi connectivity index (χ4n) is 4.29. The number of fused-ring (bicyclic) bond motifs is 2. The molecule has 23 heavy (non-hydrogen) atoms. The average molecular weight is 325 g/mol. The van der Waals surface area contributed by atoms with E-state index < -0.39 is 0 Å². The molecule has 2 saturated carbocycles. The maximum Gasteiger partial charge on any atom is 0.210 e. The summed E-state index contributed by atoms with van der Waals surface area (Å²) in [6, 6.07) is 10.3. The largest absolute Gasteiger partial charge is 0.275 e. The van der Waals surface area contributed by atoms with Gasteiger partial charge in [0.15, 0.2) is 0 Å². The maximum absolute atomic E-state index is 4.94. The molecule has 2 atom stereocenters. The van der Waals surface area contributed by atoms with E-state index in [4.69, 9.17) is 4.99 Å². The van der Waals surface area contributed by atoms with E-state index in [0.29, 0.717) is 5.41 Å². The topological polar surface area (TPSA) is 36.8 Å². The summed E-state index contributed by atoms with van der Waals surface area (Å²) >= 11 is 1.62. The summed E-state index contributed by atoms with van der Waals surface area (Å²) < 4.78 is 0. The van der Waals surface area contributed by atoms with Crippen molar-refractivity contribution in [3.63, 3.8) is 0 Å². The van der Waals surface area contributed by atoms with Gasteiger partial charge in [0.2, 0.25) is 5.17 Å². The molecule has 0 amide bonds. The molecule has 2 fully saturated rings. The van der Waals surface area contributed by atoms with Gasteiger partial charge < -0.3 is 0 Å². The molecule has 0 aromatic heterocycles. The number of nitrogens with zero attached hydrogens (tertiary/aromatic N) is 2. The Morgan fingerprint density at radius 2 is 2.00 bits per heavy atom. The van der Waals surface area contributed by atoms with E-state index in [2.05, 4.69) is 48.8 Å². The number of nitrogens with one attached hydrogen (secondary N) is 1. The van der Waals surface area contributed by atoms with Crippen LogP contribution in [0.4, 0.5) is 0 Å². The monoisotopic (exact) mass is 325 g/mol. The van der Waals surface area contributed by atoms with Crippen molar-refractivity contribution in [2.24, 2.45) is 26.8 Å². The number of amidine groups is 1. The first-order valence-corrected chi connectivity index (χ1v) is 9.23. The third-order valence-electron chi connectivity index (χ3n) is 6.38. The van der Waals surface area contributed by atoms with Gasteiger partial charge in [-0.3, -0.25) is 5.43 Å². The molecule has 4 rings (SSSR count). The Morgan fingerprint density at radius 1 is 1.22 bits per heavy atom. The molecule has 3 nitrogen and oxygen atoms in total. The minimum atomic E-state index is 0.240. The summed E-state index contributed by atoms with van der Waals surface area (Å²) in [6.07, 6.45) is 3.75. The minimum Gasteiger partial charge on any atom is -0.275 e. The Morgan fingerprint density at radius 3 is 2.57 bits per heavy atom. The van der Waals surface area contributed by atoms with Gasteiger partial charge in [-0.15, -0.1) is 5.10 Å². The number of thioether (sulfide) groups is 1. The first-order valence-electron chi connectivity index (χ1n) is 8.35. The van der Waals surface area contributed by atoms with Gasteiger partial charge in [0.1, 0.15) is 0 Å². The van der Waals surface area contributed by atoms with Crippen LogP contribution in [0.25, 0.3) is 5.70 Å². The van der Waals surface area contributed by atoms with E-state index >= 15 is 0 Å². The van der Waals surface area contributed by atoms with Gasteiger partial charge in [0.25, 0.3) is 0 Å². The number of hydrazone groups is 1. The Labute approximate surface area is 142 Å². The van der Waals surface area contributed by atoms with E-state index in [1.165, 1.54) is 18.6 Å². The van der Waals surface area contributed by atoms with E-state index in [-0.39, 0.29) is 5.41 Å².